The second kappa shape index (κ2) is 5.04. The van der Waals surface area contributed by atoms with Crippen molar-refractivity contribution >= 4 is 11.3 Å². The Bertz CT molecular complexity index is 524. The quantitative estimate of drug-likeness (QED) is 0.603. The number of rotatable bonds is 4. The Morgan fingerprint density at radius 2 is 2.00 bits per heavy atom. The predicted octanol–water partition coefficient (Wildman–Crippen LogP) is 3.22. The number of allylic oxidation sites excluding steroid dienone is 3. The molecule has 2 rings (SSSR count). The maximum absolute atomic E-state index is 11.1. The molecule has 0 spiro atoms. The van der Waals surface area contributed by atoms with Gasteiger partial charge in [-0.05, 0) is 36.8 Å². The van der Waals surface area contributed by atoms with Crippen molar-refractivity contribution in [1.82, 2.24) is 4.90 Å². The van der Waals surface area contributed by atoms with Crippen molar-refractivity contribution in [2.24, 2.45) is 0 Å². The van der Waals surface area contributed by atoms with Crippen LogP contribution in [0.15, 0.2) is 42.1 Å². The van der Waals surface area contributed by atoms with Gasteiger partial charge in [-0.1, -0.05) is 17.7 Å². The maximum Gasteiger partial charge on any atom is 0.277 e. The van der Waals surface area contributed by atoms with Crippen molar-refractivity contribution in [2.45, 2.75) is 12.8 Å². The van der Waals surface area contributed by atoms with Gasteiger partial charge in [-0.15, -0.1) is 0 Å². The number of nitrogens with zero attached hydrogens (tertiary/aromatic N) is 2. The lowest BCUT2D eigenvalue weighted by Crippen LogP contribution is -2.00. The van der Waals surface area contributed by atoms with Gasteiger partial charge in [0.1, 0.15) is 0 Å². The van der Waals surface area contributed by atoms with E-state index in [4.69, 9.17) is 0 Å². The van der Waals surface area contributed by atoms with Crippen LogP contribution in [0.5, 0.6) is 0 Å². The predicted molar refractivity (Wildman–Crippen MR) is 72.1 cm³/mol. The van der Waals surface area contributed by atoms with Gasteiger partial charge in [0.05, 0.1) is 10.5 Å². The Labute approximate surface area is 106 Å². The van der Waals surface area contributed by atoms with Crippen molar-refractivity contribution in [3.8, 4) is 0 Å². The summed E-state index contributed by atoms with van der Waals surface area (Å²) in [4.78, 5) is 12.7. The van der Waals surface area contributed by atoms with Crippen LogP contribution in [-0.2, 0) is 0 Å². The Morgan fingerprint density at radius 3 is 2.56 bits per heavy atom. The third-order valence-corrected chi connectivity index (χ3v) is 2.81. The van der Waals surface area contributed by atoms with Crippen LogP contribution < -0.4 is 0 Å². The van der Waals surface area contributed by atoms with E-state index in [0.717, 1.165) is 18.4 Å². The van der Waals surface area contributed by atoms with Crippen LogP contribution in [0.3, 0.4) is 0 Å². The Kier molecular flexibility index (Phi) is 3.46. The smallest absolute Gasteiger partial charge is 0.277 e. The van der Waals surface area contributed by atoms with Crippen LogP contribution in [0.1, 0.15) is 18.4 Å². The molecule has 94 valence electrons. The first-order valence-electron chi connectivity index (χ1n) is 5.90. The molecular weight excluding hydrogens is 228 g/mol. The molecular formula is C14H16N2O2. The van der Waals surface area contributed by atoms with Crippen LogP contribution in [-0.4, -0.2) is 23.9 Å². The average Bonchev–Trinajstić information content (AvgIpc) is 3.14. The summed E-state index contributed by atoms with van der Waals surface area (Å²) < 4.78 is 0. The van der Waals surface area contributed by atoms with E-state index in [1.807, 2.05) is 43.4 Å². The first-order chi connectivity index (χ1) is 8.59. The molecule has 4 nitrogen and oxygen atoms in total. The average molecular weight is 244 g/mol. The number of nitro benzene ring substituents is 1. The van der Waals surface area contributed by atoms with E-state index in [1.54, 1.807) is 12.1 Å². The zero-order chi connectivity index (χ0) is 13.1. The molecule has 1 aliphatic carbocycles. The molecule has 1 saturated carbocycles. The molecule has 0 N–H and O–H groups in total. The largest absolute Gasteiger partial charge is 0.383 e. The molecule has 0 heterocycles. The van der Waals surface area contributed by atoms with Crippen molar-refractivity contribution in [3.05, 3.63) is 57.8 Å². The molecule has 18 heavy (non-hydrogen) atoms. The van der Waals surface area contributed by atoms with E-state index in [1.165, 1.54) is 5.57 Å². The minimum atomic E-state index is -0.318. The Hall–Kier alpha value is -2.10. The van der Waals surface area contributed by atoms with Crippen molar-refractivity contribution in [3.63, 3.8) is 0 Å². The van der Waals surface area contributed by atoms with Crippen LogP contribution in [0.4, 0.5) is 5.69 Å². The summed E-state index contributed by atoms with van der Waals surface area (Å²) in [5.41, 5.74) is 3.18. The molecule has 0 unspecified atom stereocenters. The summed E-state index contributed by atoms with van der Waals surface area (Å²) in [6.07, 6.45) is 5.97. The summed E-state index contributed by atoms with van der Waals surface area (Å²) in [5.74, 6) is 0. The minimum absolute atomic E-state index is 0.176. The molecule has 0 bridgehead atoms. The van der Waals surface area contributed by atoms with E-state index in [0.29, 0.717) is 5.56 Å². The fourth-order valence-corrected chi connectivity index (χ4v) is 1.81. The molecule has 0 aromatic heterocycles. The second-order valence-electron chi connectivity index (χ2n) is 4.57. The topological polar surface area (TPSA) is 46.4 Å². The van der Waals surface area contributed by atoms with Gasteiger partial charge in [0.15, 0.2) is 0 Å². The van der Waals surface area contributed by atoms with Crippen molar-refractivity contribution < 1.29 is 4.92 Å². The SMILES string of the molecule is CN(C)/C=C/C(=C1CC1)c1ccccc1[N+](=O)[O-]. The molecule has 0 atom stereocenters. The van der Waals surface area contributed by atoms with E-state index < -0.39 is 0 Å². The van der Waals surface area contributed by atoms with Gasteiger partial charge in [-0.3, -0.25) is 10.1 Å². The third-order valence-electron chi connectivity index (χ3n) is 2.81. The summed E-state index contributed by atoms with van der Waals surface area (Å²) in [5, 5.41) is 11.1. The standard InChI is InChI=1S/C14H16N2O2/c1-15(2)10-9-12(11-7-8-11)13-5-3-4-6-14(13)16(17)18/h3-6,9-10H,7-8H2,1-2H3/b10-9+. The second-order valence-corrected chi connectivity index (χ2v) is 4.57. The molecule has 0 saturated heterocycles. The van der Waals surface area contributed by atoms with Crippen LogP contribution in [0.25, 0.3) is 5.57 Å². The van der Waals surface area contributed by atoms with Gasteiger partial charge < -0.3 is 4.90 Å². The number of hydrogen-bond acceptors (Lipinski definition) is 3. The molecule has 0 radical (unpaired) electrons. The van der Waals surface area contributed by atoms with Crippen LogP contribution >= 0.6 is 0 Å². The zero-order valence-electron chi connectivity index (χ0n) is 10.6. The molecule has 1 aliphatic rings. The summed E-state index contributed by atoms with van der Waals surface area (Å²) >= 11 is 0. The van der Waals surface area contributed by atoms with E-state index in [2.05, 4.69) is 0 Å². The van der Waals surface area contributed by atoms with Gasteiger partial charge in [-0.2, -0.15) is 0 Å². The first kappa shape index (κ1) is 12.4. The highest BCUT2D eigenvalue weighted by atomic mass is 16.6. The number of hydrogen-bond donors (Lipinski definition) is 0. The van der Waals surface area contributed by atoms with Gasteiger partial charge >= 0.3 is 0 Å². The lowest BCUT2D eigenvalue weighted by Gasteiger charge is -2.07. The normalized spacial score (nSPS) is 13.8. The van der Waals surface area contributed by atoms with Crippen molar-refractivity contribution in [2.75, 3.05) is 14.1 Å². The molecule has 4 heteroatoms. The van der Waals surface area contributed by atoms with Crippen LogP contribution in [0, 0.1) is 10.1 Å². The monoisotopic (exact) mass is 244 g/mol. The summed E-state index contributed by atoms with van der Waals surface area (Å²) in [7, 11) is 3.87. The molecule has 1 aromatic carbocycles. The lowest BCUT2D eigenvalue weighted by atomic mass is 10.0. The Balaban J connectivity index is 2.45. The third kappa shape index (κ3) is 2.77. The lowest BCUT2D eigenvalue weighted by molar-refractivity contribution is -0.385. The van der Waals surface area contributed by atoms with E-state index in [-0.39, 0.29) is 10.6 Å². The van der Waals surface area contributed by atoms with Gasteiger partial charge in [0.25, 0.3) is 5.69 Å². The van der Waals surface area contributed by atoms with E-state index >= 15 is 0 Å². The van der Waals surface area contributed by atoms with Gasteiger partial charge in [0.2, 0.25) is 0 Å². The Morgan fingerprint density at radius 1 is 1.33 bits per heavy atom. The number of para-hydroxylation sites is 1. The van der Waals surface area contributed by atoms with Gasteiger partial charge in [-0.25, -0.2) is 0 Å². The number of benzene rings is 1. The molecule has 1 fully saturated rings. The fraction of sp³-hybridized carbons (Fsp3) is 0.286. The minimum Gasteiger partial charge on any atom is -0.383 e. The molecule has 1 aromatic rings. The van der Waals surface area contributed by atoms with Crippen molar-refractivity contribution in [1.29, 1.82) is 0 Å². The zero-order valence-corrected chi connectivity index (χ0v) is 10.6. The summed E-state index contributed by atoms with van der Waals surface area (Å²) in [6, 6.07) is 6.92. The first-order valence-corrected chi connectivity index (χ1v) is 5.90. The van der Waals surface area contributed by atoms with Crippen LogP contribution in [0.2, 0.25) is 0 Å². The number of nitro groups is 1. The van der Waals surface area contributed by atoms with E-state index in [9.17, 15) is 10.1 Å². The highest BCUT2D eigenvalue weighted by molar-refractivity contribution is 5.83. The molecule has 0 amide bonds. The highest BCUT2D eigenvalue weighted by Gasteiger charge is 2.22. The summed E-state index contributed by atoms with van der Waals surface area (Å²) in [6.45, 7) is 0. The fourth-order valence-electron chi connectivity index (χ4n) is 1.81. The molecule has 0 aliphatic heterocycles. The maximum atomic E-state index is 11.1. The highest BCUT2D eigenvalue weighted by Crippen LogP contribution is 2.39. The van der Waals surface area contributed by atoms with Gasteiger partial charge in [0, 0.05) is 20.2 Å².